The highest BCUT2D eigenvalue weighted by atomic mass is 35.5. The molecule has 0 spiro atoms. The monoisotopic (exact) mass is 278 g/mol. The number of hydrogen-bond acceptors (Lipinski definition) is 5. The molecule has 0 unspecified atom stereocenters. The standard InChI is InChI=1S/C11H7ClN4OS/c12-9(17)5-7-3-1-2-4-8(7)10-15-16-6-13-14-11(16)18-10/h1-4,6H,5H2. The predicted octanol–water partition coefficient (Wildman–Crippen LogP) is 2.16. The average molecular weight is 279 g/mol. The third-order valence-electron chi connectivity index (χ3n) is 2.46. The average Bonchev–Trinajstić information content (AvgIpc) is 2.89. The fourth-order valence-electron chi connectivity index (χ4n) is 1.70. The van der Waals surface area contributed by atoms with E-state index < -0.39 is 0 Å². The lowest BCUT2D eigenvalue weighted by Gasteiger charge is -2.03. The van der Waals surface area contributed by atoms with Crippen molar-refractivity contribution in [2.45, 2.75) is 6.42 Å². The van der Waals surface area contributed by atoms with Crippen LogP contribution in [0.25, 0.3) is 15.5 Å². The second kappa shape index (κ2) is 4.47. The van der Waals surface area contributed by atoms with E-state index in [2.05, 4.69) is 15.3 Å². The lowest BCUT2D eigenvalue weighted by molar-refractivity contribution is -0.111. The number of nitrogens with zero attached hydrogens (tertiary/aromatic N) is 4. The van der Waals surface area contributed by atoms with Crippen molar-refractivity contribution < 1.29 is 4.79 Å². The van der Waals surface area contributed by atoms with E-state index in [1.54, 1.807) is 10.8 Å². The predicted molar refractivity (Wildman–Crippen MR) is 68.7 cm³/mol. The van der Waals surface area contributed by atoms with Gasteiger partial charge in [-0.1, -0.05) is 35.6 Å². The Kier molecular flexibility index (Phi) is 2.81. The molecule has 7 heteroatoms. The highest BCUT2D eigenvalue weighted by Gasteiger charge is 2.12. The Balaban J connectivity index is 2.10. The summed E-state index contributed by atoms with van der Waals surface area (Å²) >= 11 is 6.87. The molecule has 0 aliphatic heterocycles. The molecule has 0 radical (unpaired) electrons. The number of carbonyl (C=O) groups excluding carboxylic acids is 1. The van der Waals surface area contributed by atoms with Crippen LogP contribution in [0.1, 0.15) is 5.56 Å². The zero-order valence-corrected chi connectivity index (χ0v) is 10.6. The Labute approximate surface area is 111 Å². The van der Waals surface area contributed by atoms with Gasteiger partial charge in [0.05, 0.1) is 0 Å². The Bertz CT molecular complexity index is 692. The summed E-state index contributed by atoms with van der Waals surface area (Å²) in [6.45, 7) is 0. The van der Waals surface area contributed by atoms with Crippen molar-refractivity contribution in [1.29, 1.82) is 0 Å². The third-order valence-corrected chi connectivity index (χ3v) is 3.54. The molecule has 0 amide bonds. The molecule has 0 aliphatic carbocycles. The molecule has 0 saturated carbocycles. The van der Waals surface area contributed by atoms with Crippen molar-refractivity contribution in [3.05, 3.63) is 36.2 Å². The van der Waals surface area contributed by atoms with Gasteiger partial charge in [-0.2, -0.15) is 9.61 Å². The van der Waals surface area contributed by atoms with Crippen LogP contribution in [0.15, 0.2) is 30.6 Å². The highest BCUT2D eigenvalue weighted by molar-refractivity contribution is 7.19. The summed E-state index contributed by atoms with van der Waals surface area (Å²) in [5.41, 5.74) is 1.77. The Hall–Kier alpha value is -1.79. The molecule has 0 atom stereocenters. The first-order valence-corrected chi connectivity index (χ1v) is 6.37. The van der Waals surface area contributed by atoms with Gasteiger partial charge in [-0.15, -0.1) is 10.2 Å². The second-order valence-electron chi connectivity index (χ2n) is 3.65. The van der Waals surface area contributed by atoms with Crippen LogP contribution in [-0.4, -0.2) is 25.1 Å². The van der Waals surface area contributed by atoms with Gasteiger partial charge >= 0.3 is 0 Å². The minimum Gasteiger partial charge on any atom is -0.281 e. The molecule has 0 fully saturated rings. The van der Waals surface area contributed by atoms with Gasteiger partial charge in [-0.3, -0.25) is 4.79 Å². The minimum absolute atomic E-state index is 0.192. The molecular weight excluding hydrogens is 272 g/mol. The van der Waals surface area contributed by atoms with Crippen molar-refractivity contribution in [1.82, 2.24) is 19.8 Å². The van der Waals surface area contributed by atoms with E-state index in [9.17, 15) is 4.79 Å². The number of rotatable bonds is 3. The molecule has 2 aromatic heterocycles. The van der Waals surface area contributed by atoms with Crippen LogP contribution in [0.3, 0.4) is 0 Å². The van der Waals surface area contributed by atoms with E-state index in [-0.39, 0.29) is 11.7 Å². The second-order valence-corrected chi connectivity index (χ2v) is 5.03. The molecule has 0 N–H and O–H groups in total. The van der Waals surface area contributed by atoms with Crippen LogP contribution in [-0.2, 0) is 11.2 Å². The summed E-state index contributed by atoms with van der Waals surface area (Å²) in [5.74, 6) is 0. The summed E-state index contributed by atoms with van der Waals surface area (Å²) < 4.78 is 1.61. The van der Waals surface area contributed by atoms with Crippen LogP contribution < -0.4 is 0 Å². The number of carbonyl (C=O) groups is 1. The largest absolute Gasteiger partial charge is 0.281 e. The number of aromatic nitrogens is 4. The van der Waals surface area contributed by atoms with Gasteiger partial charge in [0.15, 0.2) is 0 Å². The fourth-order valence-corrected chi connectivity index (χ4v) is 2.73. The normalized spacial score (nSPS) is 10.9. The first-order valence-electron chi connectivity index (χ1n) is 5.17. The summed E-state index contributed by atoms with van der Waals surface area (Å²) in [7, 11) is 0. The van der Waals surface area contributed by atoms with Crippen LogP contribution in [0.4, 0.5) is 0 Å². The number of fused-ring (bicyclic) bond motifs is 1. The summed E-state index contributed by atoms with van der Waals surface area (Å²) in [5, 5.41) is 12.5. The highest BCUT2D eigenvalue weighted by Crippen LogP contribution is 2.28. The Morgan fingerprint density at radius 3 is 3.00 bits per heavy atom. The van der Waals surface area contributed by atoms with Gasteiger partial charge < -0.3 is 0 Å². The van der Waals surface area contributed by atoms with Crippen molar-refractivity contribution in [3.63, 3.8) is 0 Å². The van der Waals surface area contributed by atoms with Crippen molar-refractivity contribution in [2.75, 3.05) is 0 Å². The summed E-state index contributed by atoms with van der Waals surface area (Å²) in [6, 6.07) is 7.57. The lowest BCUT2D eigenvalue weighted by atomic mass is 10.1. The maximum absolute atomic E-state index is 11.0. The molecule has 90 valence electrons. The first kappa shape index (κ1) is 11.3. The van der Waals surface area contributed by atoms with E-state index in [1.165, 1.54) is 11.3 Å². The van der Waals surface area contributed by atoms with Gasteiger partial charge in [0, 0.05) is 12.0 Å². The molecule has 1 aromatic carbocycles. The molecule has 3 aromatic rings. The SMILES string of the molecule is O=C(Cl)Cc1ccccc1-c1nn2cnnc2s1. The van der Waals surface area contributed by atoms with Crippen LogP contribution >= 0.6 is 22.9 Å². The molecule has 3 rings (SSSR count). The number of halogens is 1. The van der Waals surface area contributed by atoms with Gasteiger partial charge in [0.1, 0.15) is 11.3 Å². The molecule has 5 nitrogen and oxygen atoms in total. The minimum atomic E-state index is -0.384. The van der Waals surface area contributed by atoms with E-state index in [0.29, 0.717) is 0 Å². The molecule has 0 bridgehead atoms. The molecule has 0 aliphatic rings. The Morgan fingerprint density at radius 1 is 1.39 bits per heavy atom. The maximum atomic E-state index is 11.0. The van der Waals surface area contributed by atoms with E-state index in [1.807, 2.05) is 24.3 Å². The molecule has 2 heterocycles. The molecule has 0 saturated heterocycles. The van der Waals surface area contributed by atoms with Crippen molar-refractivity contribution in [3.8, 4) is 10.6 Å². The van der Waals surface area contributed by atoms with Crippen molar-refractivity contribution in [2.24, 2.45) is 0 Å². The maximum Gasteiger partial charge on any atom is 0.234 e. The number of benzene rings is 1. The zero-order valence-electron chi connectivity index (χ0n) is 9.08. The van der Waals surface area contributed by atoms with Crippen LogP contribution in [0.5, 0.6) is 0 Å². The van der Waals surface area contributed by atoms with E-state index in [0.717, 1.165) is 21.1 Å². The van der Waals surface area contributed by atoms with Crippen molar-refractivity contribution >= 4 is 33.1 Å². The Morgan fingerprint density at radius 2 is 2.22 bits per heavy atom. The third kappa shape index (κ3) is 2.00. The fraction of sp³-hybridized carbons (Fsp3) is 0.0909. The molecular formula is C11H7ClN4OS. The van der Waals surface area contributed by atoms with E-state index >= 15 is 0 Å². The van der Waals surface area contributed by atoms with E-state index in [4.69, 9.17) is 11.6 Å². The van der Waals surface area contributed by atoms with Gasteiger partial charge in [-0.05, 0) is 17.2 Å². The van der Waals surface area contributed by atoms with Crippen LogP contribution in [0.2, 0.25) is 0 Å². The molecule has 18 heavy (non-hydrogen) atoms. The topological polar surface area (TPSA) is 60.2 Å². The zero-order chi connectivity index (χ0) is 12.5. The lowest BCUT2D eigenvalue weighted by Crippen LogP contribution is -1.96. The first-order chi connectivity index (χ1) is 8.74. The van der Waals surface area contributed by atoms with Crippen LogP contribution in [0, 0.1) is 0 Å². The quantitative estimate of drug-likeness (QED) is 0.689. The van der Waals surface area contributed by atoms with Gasteiger partial charge in [0.2, 0.25) is 10.2 Å². The smallest absolute Gasteiger partial charge is 0.234 e. The number of hydrogen-bond donors (Lipinski definition) is 0. The van der Waals surface area contributed by atoms with Gasteiger partial charge in [-0.25, -0.2) is 0 Å². The summed E-state index contributed by atoms with van der Waals surface area (Å²) in [4.78, 5) is 11.8. The van der Waals surface area contributed by atoms with Gasteiger partial charge in [0.25, 0.3) is 0 Å². The summed E-state index contributed by atoms with van der Waals surface area (Å²) in [6.07, 6.45) is 1.74.